The number of aromatic nitrogens is 2. The number of nitrogen functional groups attached to an aromatic ring is 1. The smallest absolute Gasteiger partial charge is 0.268 e. The van der Waals surface area contributed by atoms with Gasteiger partial charge in [0.25, 0.3) is 5.89 Å². The third kappa shape index (κ3) is 2.86. The molecule has 2 N–H and O–H groups in total. The zero-order chi connectivity index (χ0) is 13.9. The zero-order valence-corrected chi connectivity index (χ0v) is 12.5. The number of nitrogens with two attached hydrogens (primary N) is 1. The fourth-order valence-electron chi connectivity index (χ4n) is 1.72. The molecule has 1 aromatic carbocycles. The maximum absolute atomic E-state index is 5.95. The number of thiophene rings is 1. The molecule has 4 nitrogen and oxygen atoms in total. The van der Waals surface area contributed by atoms with Crippen molar-refractivity contribution in [2.45, 2.75) is 17.6 Å². The number of nitrogens with zero attached hydrogens (tertiary/aromatic N) is 2. The van der Waals surface area contributed by atoms with Crippen LogP contribution in [0.3, 0.4) is 0 Å². The van der Waals surface area contributed by atoms with Crippen LogP contribution in [-0.2, 0) is 5.75 Å². The van der Waals surface area contributed by atoms with E-state index in [9.17, 15) is 0 Å². The Labute approximate surface area is 125 Å². The Kier molecular flexibility index (Phi) is 3.75. The van der Waals surface area contributed by atoms with Crippen molar-refractivity contribution in [1.82, 2.24) is 10.1 Å². The molecule has 0 radical (unpaired) electrons. The van der Waals surface area contributed by atoms with Crippen LogP contribution in [0.15, 0.2) is 45.1 Å². The number of hydrogen-bond acceptors (Lipinski definition) is 6. The SMILES string of the molecule is Cc1ccc(N)c(SCc2noc(-c3cccs3)n2)c1. The van der Waals surface area contributed by atoms with Gasteiger partial charge < -0.3 is 10.3 Å². The van der Waals surface area contributed by atoms with Crippen molar-refractivity contribution in [3.63, 3.8) is 0 Å². The van der Waals surface area contributed by atoms with Gasteiger partial charge in [0.2, 0.25) is 0 Å². The molecule has 0 aliphatic heterocycles. The van der Waals surface area contributed by atoms with E-state index in [1.807, 2.05) is 36.6 Å². The van der Waals surface area contributed by atoms with Gasteiger partial charge in [-0.1, -0.05) is 17.3 Å². The zero-order valence-electron chi connectivity index (χ0n) is 10.9. The molecule has 20 heavy (non-hydrogen) atoms. The molecule has 0 amide bonds. The first kappa shape index (κ1) is 13.2. The minimum absolute atomic E-state index is 0.577. The summed E-state index contributed by atoms with van der Waals surface area (Å²) in [4.78, 5) is 6.43. The lowest BCUT2D eigenvalue weighted by atomic mass is 10.2. The van der Waals surface area contributed by atoms with Crippen molar-refractivity contribution < 1.29 is 4.52 Å². The third-order valence-corrected chi connectivity index (χ3v) is 4.65. The van der Waals surface area contributed by atoms with Crippen LogP contribution in [0.5, 0.6) is 0 Å². The molecule has 6 heteroatoms. The number of anilines is 1. The second-order valence-corrected chi connectivity index (χ2v) is 6.29. The van der Waals surface area contributed by atoms with Gasteiger partial charge in [-0.05, 0) is 36.1 Å². The highest BCUT2D eigenvalue weighted by Crippen LogP contribution is 2.29. The fourth-order valence-corrected chi connectivity index (χ4v) is 3.27. The molecule has 3 rings (SSSR count). The van der Waals surface area contributed by atoms with Gasteiger partial charge in [-0.15, -0.1) is 23.1 Å². The lowest BCUT2D eigenvalue weighted by Gasteiger charge is -2.04. The molecule has 0 unspecified atom stereocenters. The summed E-state index contributed by atoms with van der Waals surface area (Å²) in [6.45, 7) is 2.05. The molecule has 3 aromatic rings. The maximum atomic E-state index is 5.95. The van der Waals surface area contributed by atoms with Gasteiger partial charge >= 0.3 is 0 Å². The van der Waals surface area contributed by atoms with Gasteiger partial charge in [-0.25, -0.2) is 0 Å². The summed E-state index contributed by atoms with van der Waals surface area (Å²) < 4.78 is 5.26. The highest BCUT2D eigenvalue weighted by Gasteiger charge is 2.10. The molecule has 0 aliphatic carbocycles. The van der Waals surface area contributed by atoms with Crippen molar-refractivity contribution in [3.8, 4) is 10.8 Å². The van der Waals surface area contributed by atoms with Crippen molar-refractivity contribution in [3.05, 3.63) is 47.1 Å². The molecule has 0 spiro atoms. The standard InChI is InChI=1S/C14H13N3OS2/c1-9-4-5-10(15)12(7-9)20-8-13-16-14(18-17-13)11-3-2-6-19-11/h2-7H,8,15H2,1H3. The van der Waals surface area contributed by atoms with Gasteiger partial charge in [0.05, 0.1) is 10.6 Å². The summed E-state index contributed by atoms with van der Waals surface area (Å²) >= 11 is 3.20. The first-order chi connectivity index (χ1) is 9.72. The molecule has 102 valence electrons. The average molecular weight is 303 g/mol. The van der Waals surface area contributed by atoms with E-state index in [-0.39, 0.29) is 0 Å². The first-order valence-electron chi connectivity index (χ1n) is 6.08. The fraction of sp³-hybridized carbons (Fsp3) is 0.143. The summed E-state index contributed by atoms with van der Waals surface area (Å²) in [5, 5.41) is 5.99. The van der Waals surface area contributed by atoms with Crippen LogP contribution in [0, 0.1) is 6.92 Å². The lowest BCUT2D eigenvalue weighted by Crippen LogP contribution is -1.90. The number of benzene rings is 1. The molecule has 0 saturated carbocycles. The molecule has 0 aliphatic rings. The highest BCUT2D eigenvalue weighted by molar-refractivity contribution is 7.98. The number of aryl methyl sites for hydroxylation is 1. The van der Waals surface area contributed by atoms with Crippen molar-refractivity contribution in [2.24, 2.45) is 0 Å². The summed E-state index contributed by atoms with van der Waals surface area (Å²) in [5.41, 5.74) is 7.92. The number of rotatable bonds is 4. The normalized spacial score (nSPS) is 10.8. The van der Waals surface area contributed by atoms with Crippen molar-refractivity contribution in [1.29, 1.82) is 0 Å². The van der Waals surface area contributed by atoms with Crippen molar-refractivity contribution in [2.75, 3.05) is 5.73 Å². The van der Waals surface area contributed by atoms with Crippen LogP contribution < -0.4 is 5.73 Å². The minimum atomic E-state index is 0.577. The van der Waals surface area contributed by atoms with E-state index in [4.69, 9.17) is 10.3 Å². The maximum Gasteiger partial charge on any atom is 0.268 e. The average Bonchev–Trinajstić information content (AvgIpc) is 3.09. The van der Waals surface area contributed by atoms with Crippen molar-refractivity contribution >= 4 is 28.8 Å². The second-order valence-electron chi connectivity index (χ2n) is 4.32. The van der Waals surface area contributed by atoms with E-state index in [0.717, 1.165) is 15.5 Å². The third-order valence-electron chi connectivity index (χ3n) is 2.73. The van der Waals surface area contributed by atoms with Crippen LogP contribution in [0.25, 0.3) is 10.8 Å². The number of hydrogen-bond donors (Lipinski definition) is 1. The summed E-state index contributed by atoms with van der Waals surface area (Å²) in [5.74, 6) is 1.90. The largest absolute Gasteiger partial charge is 0.398 e. The Balaban J connectivity index is 1.71. The van der Waals surface area contributed by atoms with Crippen LogP contribution in [0.4, 0.5) is 5.69 Å². The summed E-state index contributed by atoms with van der Waals surface area (Å²) in [7, 11) is 0. The predicted octanol–water partition coefficient (Wildman–Crippen LogP) is 3.98. The summed E-state index contributed by atoms with van der Waals surface area (Å²) in [6.07, 6.45) is 0. The van der Waals surface area contributed by atoms with Gasteiger partial charge in [-0.2, -0.15) is 4.98 Å². The molecule has 2 heterocycles. The van der Waals surface area contributed by atoms with E-state index in [1.165, 1.54) is 5.56 Å². The monoisotopic (exact) mass is 303 g/mol. The van der Waals surface area contributed by atoms with Gasteiger partial charge in [0.15, 0.2) is 5.82 Å². The molecule has 0 bridgehead atoms. The van der Waals surface area contributed by atoms with E-state index in [1.54, 1.807) is 23.1 Å². The molecule has 0 saturated heterocycles. The topological polar surface area (TPSA) is 64.9 Å². The van der Waals surface area contributed by atoms with Gasteiger partial charge in [0.1, 0.15) is 0 Å². The van der Waals surface area contributed by atoms with Crippen LogP contribution in [-0.4, -0.2) is 10.1 Å². The lowest BCUT2D eigenvalue weighted by molar-refractivity contribution is 0.426. The van der Waals surface area contributed by atoms with E-state index >= 15 is 0 Å². The van der Waals surface area contributed by atoms with Gasteiger partial charge in [-0.3, -0.25) is 0 Å². The molecule has 0 fully saturated rings. The Morgan fingerprint density at radius 2 is 2.25 bits per heavy atom. The van der Waals surface area contributed by atoms with Gasteiger partial charge in [0, 0.05) is 10.6 Å². The first-order valence-corrected chi connectivity index (χ1v) is 7.94. The van der Waals surface area contributed by atoms with Crippen LogP contribution >= 0.6 is 23.1 Å². The van der Waals surface area contributed by atoms with Crippen LogP contribution in [0.1, 0.15) is 11.4 Å². The van der Waals surface area contributed by atoms with Crippen LogP contribution in [0.2, 0.25) is 0 Å². The van der Waals surface area contributed by atoms with E-state index in [2.05, 4.69) is 16.2 Å². The predicted molar refractivity (Wildman–Crippen MR) is 82.8 cm³/mol. The Hall–Kier alpha value is -1.79. The number of thioether (sulfide) groups is 1. The molecular formula is C14H13N3OS2. The quantitative estimate of drug-likeness (QED) is 0.583. The molecular weight excluding hydrogens is 290 g/mol. The highest BCUT2D eigenvalue weighted by atomic mass is 32.2. The minimum Gasteiger partial charge on any atom is -0.398 e. The van der Waals surface area contributed by atoms with E-state index in [0.29, 0.717) is 17.5 Å². The Morgan fingerprint density at radius 1 is 1.35 bits per heavy atom. The Morgan fingerprint density at radius 3 is 3.05 bits per heavy atom. The molecule has 2 aromatic heterocycles. The summed E-state index contributed by atoms with van der Waals surface area (Å²) in [6, 6.07) is 9.92. The van der Waals surface area contributed by atoms with E-state index < -0.39 is 0 Å². The Bertz CT molecular complexity index is 707. The molecule has 0 atom stereocenters. The second kappa shape index (κ2) is 5.68.